The highest BCUT2D eigenvalue weighted by molar-refractivity contribution is 5.82. The van der Waals surface area contributed by atoms with Crippen molar-refractivity contribution in [2.75, 3.05) is 0 Å². The van der Waals surface area contributed by atoms with Gasteiger partial charge >= 0.3 is 18.4 Å². The molecule has 0 rings (SSSR count). The molecule has 2 N–H and O–H groups in total. The van der Waals surface area contributed by atoms with Crippen molar-refractivity contribution in [2.45, 2.75) is 26.2 Å². The predicted octanol–water partition coefficient (Wildman–Crippen LogP) is 1.31. The first-order chi connectivity index (χ1) is 7.51. The third-order valence-corrected chi connectivity index (χ3v) is 1.15. The van der Waals surface area contributed by atoms with Crippen molar-refractivity contribution in [1.82, 2.24) is 0 Å². The van der Waals surface area contributed by atoms with Gasteiger partial charge in [0.2, 0.25) is 0 Å². The molecule has 0 heterocycles. The van der Waals surface area contributed by atoms with E-state index in [9.17, 15) is 9.59 Å². The van der Waals surface area contributed by atoms with Gasteiger partial charge < -0.3 is 9.47 Å². The number of rotatable bonds is 5. The average Bonchev–Trinajstić information content (AvgIpc) is 2.28. The molecule has 0 atom stereocenters. The maximum Gasteiger partial charge on any atom is 0.334 e. The van der Waals surface area contributed by atoms with Gasteiger partial charge in [0.15, 0.2) is 0 Å². The zero-order valence-corrected chi connectivity index (χ0v) is 9.48. The number of esters is 2. The molecule has 5 nitrogen and oxygen atoms in total. The van der Waals surface area contributed by atoms with Crippen LogP contribution in [-0.4, -0.2) is 18.4 Å². The molecule has 0 aromatic rings. The third-order valence-electron chi connectivity index (χ3n) is 1.15. The van der Waals surface area contributed by atoms with Crippen LogP contribution < -0.4 is 5.73 Å². The zero-order chi connectivity index (χ0) is 13.0. The molecule has 0 aliphatic carbocycles. The topological polar surface area (TPSA) is 78.6 Å². The molecule has 0 fully saturated rings. The van der Waals surface area contributed by atoms with E-state index in [4.69, 9.17) is 5.73 Å². The SMILES string of the molecule is C=CC(=O)OC(N)OC(=O)C=C.[CH2]CCC. The number of hydrogen-bond donors (Lipinski definition) is 1. The van der Waals surface area contributed by atoms with Gasteiger partial charge in [-0.05, 0) is 0 Å². The smallest absolute Gasteiger partial charge is 0.334 e. The number of carbonyl (C=O) groups is 2. The highest BCUT2D eigenvalue weighted by atomic mass is 16.7. The summed E-state index contributed by atoms with van der Waals surface area (Å²) in [5, 5.41) is 0. The lowest BCUT2D eigenvalue weighted by molar-refractivity contribution is -0.179. The second-order valence-corrected chi connectivity index (χ2v) is 2.50. The van der Waals surface area contributed by atoms with E-state index >= 15 is 0 Å². The van der Waals surface area contributed by atoms with E-state index in [-0.39, 0.29) is 0 Å². The monoisotopic (exact) mass is 228 g/mol. The van der Waals surface area contributed by atoms with E-state index in [2.05, 4.69) is 36.5 Å². The molecular weight excluding hydrogens is 210 g/mol. The molecule has 91 valence electrons. The highest BCUT2D eigenvalue weighted by Gasteiger charge is 2.09. The van der Waals surface area contributed by atoms with Crippen LogP contribution in [0.25, 0.3) is 0 Å². The van der Waals surface area contributed by atoms with Crippen LogP contribution in [-0.2, 0) is 19.1 Å². The molecule has 1 radical (unpaired) electrons. The van der Waals surface area contributed by atoms with Gasteiger partial charge in [-0.15, -0.1) is 0 Å². The van der Waals surface area contributed by atoms with Gasteiger partial charge in [-0.2, -0.15) is 0 Å². The van der Waals surface area contributed by atoms with E-state index in [1.807, 2.05) is 0 Å². The van der Waals surface area contributed by atoms with Gasteiger partial charge in [-0.1, -0.05) is 39.8 Å². The summed E-state index contributed by atoms with van der Waals surface area (Å²) in [5.74, 6) is -1.53. The van der Waals surface area contributed by atoms with E-state index in [0.717, 1.165) is 18.6 Å². The van der Waals surface area contributed by atoms with Crippen molar-refractivity contribution < 1.29 is 19.1 Å². The maximum atomic E-state index is 10.5. The molecule has 0 saturated carbocycles. The lowest BCUT2D eigenvalue weighted by Crippen LogP contribution is -2.31. The molecule has 0 spiro atoms. The summed E-state index contributed by atoms with van der Waals surface area (Å²) in [6.45, 7) is 12.0. The second kappa shape index (κ2) is 11.5. The van der Waals surface area contributed by atoms with Crippen LogP contribution in [0.4, 0.5) is 0 Å². The van der Waals surface area contributed by atoms with Crippen molar-refractivity contribution in [3.63, 3.8) is 0 Å². The Morgan fingerprint density at radius 3 is 1.75 bits per heavy atom. The molecule has 0 bridgehead atoms. The predicted molar refractivity (Wildman–Crippen MR) is 60.8 cm³/mol. The molecule has 0 aliphatic heterocycles. The van der Waals surface area contributed by atoms with Crippen LogP contribution in [0.1, 0.15) is 19.8 Å². The summed E-state index contributed by atoms with van der Waals surface area (Å²) in [5.41, 5.74) is 5.04. The van der Waals surface area contributed by atoms with Crippen LogP contribution in [0.15, 0.2) is 25.3 Å². The Labute approximate surface area is 95.9 Å². The highest BCUT2D eigenvalue weighted by Crippen LogP contribution is 1.89. The molecule has 0 aromatic carbocycles. The minimum absolute atomic E-state index is 0.764. The van der Waals surface area contributed by atoms with Gasteiger partial charge in [0.05, 0.1) is 0 Å². The summed E-state index contributed by atoms with van der Waals surface area (Å²) >= 11 is 0. The van der Waals surface area contributed by atoms with E-state index in [1.54, 1.807) is 0 Å². The Bertz CT molecular complexity index is 214. The molecule has 5 heteroatoms. The summed E-state index contributed by atoms with van der Waals surface area (Å²) in [6, 6.07) is 0. The number of carbonyl (C=O) groups excluding carboxylic acids is 2. The Kier molecular flexibility index (Phi) is 12.0. The molecule has 0 saturated heterocycles. The van der Waals surface area contributed by atoms with Crippen LogP contribution >= 0.6 is 0 Å². The van der Waals surface area contributed by atoms with E-state index in [1.165, 1.54) is 6.42 Å². The fourth-order valence-corrected chi connectivity index (χ4v) is 0.349. The lowest BCUT2D eigenvalue weighted by atomic mass is 10.4. The Hall–Kier alpha value is -1.62. The van der Waals surface area contributed by atoms with Gasteiger partial charge in [0.1, 0.15) is 0 Å². The third kappa shape index (κ3) is 12.4. The van der Waals surface area contributed by atoms with Crippen molar-refractivity contribution in [3.8, 4) is 0 Å². The van der Waals surface area contributed by atoms with Crippen LogP contribution in [0.3, 0.4) is 0 Å². The minimum Gasteiger partial charge on any atom is -0.408 e. The van der Waals surface area contributed by atoms with Crippen molar-refractivity contribution in [2.24, 2.45) is 5.73 Å². The number of unbranched alkanes of at least 4 members (excludes halogenated alkanes) is 1. The van der Waals surface area contributed by atoms with Gasteiger partial charge in [0, 0.05) is 12.2 Å². The fraction of sp³-hybridized carbons (Fsp3) is 0.364. The van der Waals surface area contributed by atoms with Crippen LogP contribution in [0.5, 0.6) is 0 Å². The minimum atomic E-state index is -1.42. The van der Waals surface area contributed by atoms with E-state index < -0.39 is 18.4 Å². The summed E-state index contributed by atoms with van der Waals surface area (Å²) in [7, 11) is 0. The molecule has 0 aromatic heterocycles. The molecule has 0 amide bonds. The molecule has 0 unspecified atom stereocenters. The largest absolute Gasteiger partial charge is 0.408 e. The summed E-state index contributed by atoms with van der Waals surface area (Å²) in [4.78, 5) is 20.9. The standard InChI is InChI=1S/C7H9NO4.C4H9/c1-3-5(9)11-7(8)12-6(10)4-2;1-3-4-2/h3-4,7H,1-2,8H2;1,3-4H2,2H3. The number of ether oxygens (including phenoxy) is 2. The number of nitrogens with two attached hydrogens (primary N) is 1. The van der Waals surface area contributed by atoms with Crippen LogP contribution in [0, 0.1) is 6.92 Å². The second-order valence-electron chi connectivity index (χ2n) is 2.50. The van der Waals surface area contributed by atoms with E-state index in [0.29, 0.717) is 0 Å². The molecule has 16 heavy (non-hydrogen) atoms. The first-order valence-corrected chi connectivity index (χ1v) is 4.72. The number of hydrogen-bond acceptors (Lipinski definition) is 5. The maximum absolute atomic E-state index is 10.5. The molecular formula is C11H18NO4. The first kappa shape index (κ1) is 16.8. The Balaban J connectivity index is 0. The van der Waals surface area contributed by atoms with Gasteiger partial charge in [-0.3, -0.25) is 5.73 Å². The van der Waals surface area contributed by atoms with Gasteiger partial charge in [-0.25, -0.2) is 9.59 Å². The Morgan fingerprint density at radius 2 is 1.56 bits per heavy atom. The normalized spacial score (nSPS) is 8.50. The quantitative estimate of drug-likeness (QED) is 0.436. The zero-order valence-electron chi connectivity index (χ0n) is 9.48. The van der Waals surface area contributed by atoms with Crippen molar-refractivity contribution in [1.29, 1.82) is 0 Å². The fourth-order valence-electron chi connectivity index (χ4n) is 0.349. The summed E-state index contributed by atoms with van der Waals surface area (Å²) in [6.07, 6.45) is 2.67. The van der Waals surface area contributed by atoms with Crippen LogP contribution in [0.2, 0.25) is 0 Å². The van der Waals surface area contributed by atoms with Crippen molar-refractivity contribution in [3.05, 3.63) is 32.2 Å². The summed E-state index contributed by atoms with van der Waals surface area (Å²) < 4.78 is 8.60. The van der Waals surface area contributed by atoms with Gasteiger partial charge in [0.25, 0.3) is 0 Å². The van der Waals surface area contributed by atoms with Crippen molar-refractivity contribution >= 4 is 11.9 Å². The Morgan fingerprint density at radius 1 is 1.25 bits per heavy atom. The first-order valence-electron chi connectivity index (χ1n) is 4.72. The average molecular weight is 228 g/mol. The lowest BCUT2D eigenvalue weighted by Gasteiger charge is -2.10. The molecule has 0 aliphatic rings.